The van der Waals surface area contributed by atoms with E-state index in [0.29, 0.717) is 24.4 Å². The fourth-order valence-corrected chi connectivity index (χ4v) is 3.60. The molecule has 7 heteroatoms. The number of guanidine groups is 1. The van der Waals surface area contributed by atoms with Gasteiger partial charge < -0.3 is 20.6 Å². The van der Waals surface area contributed by atoms with Crippen LogP contribution in [0.15, 0.2) is 4.99 Å². The zero-order chi connectivity index (χ0) is 19.6. The molecule has 0 aromatic carbocycles. The van der Waals surface area contributed by atoms with Gasteiger partial charge in [-0.3, -0.25) is 14.7 Å². The summed E-state index contributed by atoms with van der Waals surface area (Å²) < 4.78 is 0. The normalized spacial score (nSPS) is 20.0. The van der Waals surface area contributed by atoms with Crippen LogP contribution in [0.25, 0.3) is 0 Å². The van der Waals surface area contributed by atoms with Crippen LogP contribution in [0.5, 0.6) is 0 Å². The van der Waals surface area contributed by atoms with Crippen molar-refractivity contribution < 1.29 is 9.90 Å². The van der Waals surface area contributed by atoms with Crippen molar-refractivity contribution in [3.63, 3.8) is 0 Å². The van der Waals surface area contributed by atoms with Gasteiger partial charge in [0.05, 0.1) is 6.54 Å². The van der Waals surface area contributed by atoms with Crippen LogP contribution in [-0.2, 0) is 4.79 Å². The molecule has 2 fully saturated rings. The molecule has 2 rings (SSSR count). The van der Waals surface area contributed by atoms with Crippen LogP contribution < -0.4 is 10.6 Å². The van der Waals surface area contributed by atoms with Gasteiger partial charge in [0, 0.05) is 51.9 Å². The van der Waals surface area contributed by atoms with Crippen molar-refractivity contribution in [2.75, 3.05) is 52.4 Å². The van der Waals surface area contributed by atoms with Crippen LogP contribution in [-0.4, -0.2) is 85.2 Å². The molecule has 7 nitrogen and oxygen atoms in total. The summed E-state index contributed by atoms with van der Waals surface area (Å²) in [6.07, 6.45) is 4.17. The molecule has 2 aliphatic rings. The van der Waals surface area contributed by atoms with Crippen molar-refractivity contribution in [2.24, 2.45) is 16.8 Å². The lowest BCUT2D eigenvalue weighted by molar-refractivity contribution is -0.122. The fourth-order valence-electron chi connectivity index (χ4n) is 3.60. The Morgan fingerprint density at radius 1 is 1.22 bits per heavy atom. The van der Waals surface area contributed by atoms with Crippen molar-refractivity contribution in [2.45, 2.75) is 52.5 Å². The van der Waals surface area contributed by atoms with Crippen LogP contribution in [0.2, 0.25) is 0 Å². The van der Waals surface area contributed by atoms with Crippen LogP contribution >= 0.6 is 0 Å². The highest BCUT2D eigenvalue weighted by molar-refractivity contribution is 5.80. The maximum Gasteiger partial charge on any atom is 0.234 e. The van der Waals surface area contributed by atoms with Crippen LogP contribution in [0.1, 0.15) is 46.5 Å². The minimum atomic E-state index is 0.159. The van der Waals surface area contributed by atoms with E-state index in [1.165, 1.54) is 0 Å². The second-order valence-electron chi connectivity index (χ2n) is 8.31. The Bertz CT molecular complexity index is 471. The monoisotopic (exact) mass is 381 g/mol. The average Bonchev–Trinajstić information content (AvgIpc) is 3.42. The zero-order valence-corrected chi connectivity index (χ0v) is 17.4. The van der Waals surface area contributed by atoms with E-state index in [1.54, 1.807) is 0 Å². The summed E-state index contributed by atoms with van der Waals surface area (Å²) in [6, 6.07) is 0.434. The molecule has 0 aromatic heterocycles. The van der Waals surface area contributed by atoms with Gasteiger partial charge in [-0.1, -0.05) is 13.8 Å². The molecule has 1 saturated carbocycles. The fraction of sp³-hybridized carbons (Fsp3) is 0.900. The van der Waals surface area contributed by atoms with Gasteiger partial charge in [0.2, 0.25) is 5.91 Å². The average molecular weight is 382 g/mol. The number of hydrogen-bond acceptors (Lipinski definition) is 4. The number of nitrogens with zero attached hydrogens (tertiary/aromatic N) is 3. The third-order valence-corrected chi connectivity index (χ3v) is 5.16. The van der Waals surface area contributed by atoms with Gasteiger partial charge in [-0.25, -0.2) is 0 Å². The number of aliphatic imine (C=N–C) groups is 1. The molecule has 27 heavy (non-hydrogen) atoms. The summed E-state index contributed by atoms with van der Waals surface area (Å²) in [5, 5.41) is 15.8. The number of rotatable bonds is 10. The van der Waals surface area contributed by atoms with Crippen molar-refractivity contribution in [3.8, 4) is 0 Å². The van der Waals surface area contributed by atoms with Gasteiger partial charge in [-0.2, -0.15) is 0 Å². The topological polar surface area (TPSA) is 80.2 Å². The first-order valence-electron chi connectivity index (χ1n) is 10.7. The zero-order valence-electron chi connectivity index (χ0n) is 17.4. The highest BCUT2D eigenvalue weighted by atomic mass is 16.3. The highest BCUT2D eigenvalue weighted by Gasteiger charge is 2.26. The minimum Gasteiger partial charge on any atom is -0.396 e. The smallest absolute Gasteiger partial charge is 0.234 e. The molecule has 0 aromatic rings. The number of carbonyl (C=O) groups excluding carboxylic acids is 1. The van der Waals surface area contributed by atoms with E-state index in [1.807, 2.05) is 0 Å². The van der Waals surface area contributed by atoms with E-state index in [4.69, 9.17) is 4.99 Å². The van der Waals surface area contributed by atoms with E-state index < -0.39 is 0 Å². The van der Waals surface area contributed by atoms with Gasteiger partial charge in [0.25, 0.3) is 0 Å². The van der Waals surface area contributed by atoms with Gasteiger partial charge in [-0.15, -0.1) is 0 Å². The number of nitrogens with one attached hydrogen (secondary N) is 2. The lowest BCUT2D eigenvalue weighted by Crippen LogP contribution is -2.54. The molecule has 0 spiro atoms. The Morgan fingerprint density at radius 3 is 2.48 bits per heavy atom. The number of amides is 1. The molecule has 1 saturated heterocycles. The lowest BCUT2D eigenvalue weighted by atomic mass is 9.94. The summed E-state index contributed by atoms with van der Waals surface area (Å²) in [7, 11) is 0. The number of aliphatic hydroxyl groups excluding tert-OH is 1. The van der Waals surface area contributed by atoms with Crippen molar-refractivity contribution in [1.29, 1.82) is 0 Å². The van der Waals surface area contributed by atoms with E-state index in [-0.39, 0.29) is 12.5 Å². The molecule has 1 amide bonds. The summed E-state index contributed by atoms with van der Waals surface area (Å²) in [6.45, 7) is 12.4. The standard InChI is InChI=1S/C20H39N5O2/c1-4-21-20(22-14-17(7-12-26)13-16(2)3)25-10-8-24(9-11-25)15-19(27)23-18-5-6-18/h16-18,26H,4-15H2,1-3H3,(H,21,22)(H,23,27). The summed E-state index contributed by atoms with van der Waals surface area (Å²) >= 11 is 0. The quantitative estimate of drug-likeness (QED) is 0.387. The Balaban J connectivity index is 1.81. The number of hydrogen-bond donors (Lipinski definition) is 3. The molecular formula is C20H39N5O2. The number of aliphatic hydroxyl groups is 1. The second kappa shape index (κ2) is 11.5. The van der Waals surface area contributed by atoms with E-state index in [0.717, 1.165) is 70.9 Å². The number of carbonyl (C=O) groups is 1. The van der Waals surface area contributed by atoms with Crippen molar-refractivity contribution in [1.82, 2.24) is 20.4 Å². The predicted octanol–water partition coefficient (Wildman–Crippen LogP) is 0.893. The van der Waals surface area contributed by atoms with Gasteiger partial charge in [0.1, 0.15) is 0 Å². The van der Waals surface area contributed by atoms with Crippen LogP contribution in [0, 0.1) is 11.8 Å². The third-order valence-electron chi connectivity index (χ3n) is 5.16. The molecule has 1 heterocycles. The van der Waals surface area contributed by atoms with E-state index >= 15 is 0 Å². The van der Waals surface area contributed by atoms with Crippen LogP contribution in [0.3, 0.4) is 0 Å². The summed E-state index contributed by atoms with van der Waals surface area (Å²) in [4.78, 5) is 21.4. The third kappa shape index (κ3) is 8.47. The molecule has 0 radical (unpaired) electrons. The predicted molar refractivity (Wildman–Crippen MR) is 110 cm³/mol. The molecule has 0 bridgehead atoms. The first-order chi connectivity index (χ1) is 13.0. The minimum absolute atomic E-state index is 0.159. The molecule has 1 atom stereocenters. The molecule has 1 unspecified atom stereocenters. The molecule has 1 aliphatic carbocycles. The first kappa shape index (κ1) is 22.0. The highest BCUT2D eigenvalue weighted by Crippen LogP contribution is 2.18. The van der Waals surface area contributed by atoms with Gasteiger partial charge >= 0.3 is 0 Å². The van der Waals surface area contributed by atoms with Gasteiger partial charge in [0.15, 0.2) is 5.96 Å². The van der Waals surface area contributed by atoms with Crippen molar-refractivity contribution >= 4 is 11.9 Å². The molecule has 156 valence electrons. The largest absolute Gasteiger partial charge is 0.396 e. The summed E-state index contributed by atoms with van der Waals surface area (Å²) in [5.74, 6) is 2.17. The maximum atomic E-state index is 12.0. The second-order valence-corrected chi connectivity index (χ2v) is 8.31. The van der Waals surface area contributed by atoms with Gasteiger partial charge in [-0.05, 0) is 44.4 Å². The molecule has 3 N–H and O–H groups in total. The first-order valence-corrected chi connectivity index (χ1v) is 10.7. The Morgan fingerprint density at radius 2 is 1.93 bits per heavy atom. The van der Waals surface area contributed by atoms with E-state index in [2.05, 4.69) is 41.2 Å². The SMILES string of the molecule is CCNC(=NCC(CCO)CC(C)C)N1CCN(CC(=O)NC2CC2)CC1. The Hall–Kier alpha value is -1.34. The lowest BCUT2D eigenvalue weighted by Gasteiger charge is -2.36. The van der Waals surface area contributed by atoms with E-state index in [9.17, 15) is 9.90 Å². The summed E-state index contributed by atoms with van der Waals surface area (Å²) in [5.41, 5.74) is 0. The Kier molecular flexibility index (Phi) is 9.34. The van der Waals surface area contributed by atoms with Crippen molar-refractivity contribution in [3.05, 3.63) is 0 Å². The number of piperazine rings is 1. The Labute approximate surface area is 164 Å². The molecular weight excluding hydrogens is 342 g/mol. The molecule has 1 aliphatic heterocycles. The van der Waals surface area contributed by atoms with Crippen LogP contribution in [0.4, 0.5) is 0 Å². The maximum absolute atomic E-state index is 12.0.